The lowest BCUT2D eigenvalue weighted by molar-refractivity contribution is 0.542. The monoisotopic (exact) mass is 291 g/mol. The van der Waals surface area contributed by atoms with Crippen LogP contribution in [0.15, 0.2) is 39.6 Å². The van der Waals surface area contributed by atoms with E-state index >= 15 is 0 Å². The normalized spacial score (nSPS) is 11.2. The summed E-state index contributed by atoms with van der Waals surface area (Å²) in [7, 11) is 0. The molecule has 17 heavy (non-hydrogen) atoms. The highest BCUT2D eigenvalue weighted by atomic mass is 79.9. The first kappa shape index (κ1) is 10.6. The van der Waals surface area contributed by atoms with Crippen LogP contribution < -0.4 is 5.73 Å². The molecule has 1 aromatic carbocycles. The third kappa shape index (κ3) is 1.67. The van der Waals surface area contributed by atoms with Gasteiger partial charge in [-0.15, -0.1) is 0 Å². The highest BCUT2D eigenvalue weighted by Gasteiger charge is 2.12. The lowest BCUT2D eigenvalue weighted by atomic mass is 10.2. The largest absolute Gasteiger partial charge is 0.457 e. The second kappa shape index (κ2) is 4.01. The van der Waals surface area contributed by atoms with Crippen LogP contribution in [0.3, 0.4) is 0 Å². The summed E-state index contributed by atoms with van der Waals surface area (Å²) in [5.41, 5.74) is 9.53. The molecule has 86 valence electrons. The third-order valence-electron chi connectivity index (χ3n) is 2.69. The summed E-state index contributed by atoms with van der Waals surface area (Å²) in [5.74, 6) is 0.779. The second-order valence-corrected chi connectivity index (χ2v) is 4.43. The van der Waals surface area contributed by atoms with E-state index in [0.29, 0.717) is 11.2 Å². The number of para-hydroxylation sites is 1. The Bertz CT molecular complexity index is 671. The summed E-state index contributed by atoms with van der Waals surface area (Å²) in [6.45, 7) is 0.480. The average Bonchev–Trinajstić information content (AvgIpc) is 2.93. The Morgan fingerprint density at radius 3 is 2.94 bits per heavy atom. The molecule has 0 aliphatic rings. The second-order valence-electron chi connectivity index (χ2n) is 3.71. The highest BCUT2D eigenvalue weighted by Crippen LogP contribution is 2.29. The summed E-state index contributed by atoms with van der Waals surface area (Å²) in [5, 5.41) is 0. The highest BCUT2D eigenvalue weighted by molar-refractivity contribution is 9.10. The van der Waals surface area contributed by atoms with E-state index in [9.17, 15) is 0 Å². The number of aromatic amines is 1. The Balaban J connectivity index is 2.24. The van der Waals surface area contributed by atoms with Crippen molar-refractivity contribution in [1.82, 2.24) is 9.97 Å². The molecular formula is C12H10BrN3O. The Labute approximate surface area is 106 Å². The lowest BCUT2D eigenvalue weighted by Crippen LogP contribution is -1.96. The summed E-state index contributed by atoms with van der Waals surface area (Å²) < 4.78 is 5.88. The molecule has 3 aromatic rings. The number of nitrogens with zero attached hydrogens (tertiary/aromatic N) is 1. The van der Waals surface area contributed by atoms with Crippen molar-refractivity contribution in [3.8, 4) is 11.4 Å². The van der Waals surface area contributed by atoms with Gasteiger partial charge in [0.15, 0.2) is 4.67 Å². The topological polar surface area (TPSA) is 67.8 Å². The van der Waals surface area contributed by atoms with Gasteiger partial charge in [-0.1, -0.05) is 12.1 Å². The zero-order valence-electron chi connectivity index (χ0n) is 8.90. The number of hydrogen-bond acceptors (Lipinski definition) is 3. The number of rotatable bonds is 2. The standard InChI is InChI=1S/C12H10BrN3O/c13-11-8(4-5-17-11)12-15-9-3-1-2-7(6-14)10(9)16-12/h1-5H,6,14H2,(H,15,16). The molecule has 2 aromatic heterocycles. The van der Waals surface area contributed by atoms with Gasteiger partial charge in [-0.2, -0.15) is 0 Å². The van der Waals surface area contributed by atoms with Gasteiger partial charge in [-0.3, -0.25) is 0 Å². The third-order valence-corrected chi connectivity index (χ3v) is 3.30. The van der Waals surface area contributed by atoms with E-state index in [1.54, 1.807) is 6.26 Å². The number of hydrogen-bond donors (Lipinski definition) is 2. The van der Waals surface area contributed by atoms with Crippen LogP contribution in [0.5, 0.6) is 0 Å². The van der Waals surface area contributed by atoms with Crippen LogP contribution in [0.2, 0.25) is 0 Å². The maximum atomic E-state index is 5.69. The molecule has 3 rings (SSSR count). The van der Waals surface area contributed by atoms with E-state index in [0.717, 1.165) is 28.0 Å². The molecule has 0 fully saturated rings. The maximum absolute atomic E-state index is 5.69. The number of benzene rings is 1. The zero-order valence-corrected chi connectivity index (χ0v) is 10.5. The quantitative estimate of drug-likeness (QED) is 0.762. The minimum Gasteiger partial charge on any atom is -0.457 e. The Morgan fingerprint density at radius 1 is 1.35 bits per heavy atom. The van der Waals surface area contributed by atoms with Crippen LogP contribution in [-0.4, -0.2) is 9.97 Å². The number of halogens is 1. The average molecular weight is 292 g/mol. The van der Waals surface area contributed by atoms with Gasteiger partial charge in [0.2, 0.25) is 0 Å². The Hall–Kier alpha value is -1.59. The Kier molecular flexibility index (Phi) is 2.49. The number of H-pyrrole nitrogens is 1. The van der Waals surface area contributed by atoms with E-state index in [1.807, 2.05) is 24.3 Å². The van der Waals surface area contributed by atoms with E-state index in [-0.39, 0.29) is 0 Å². The molecule has 0 saturated carbocycles. The molecule has 0 atom stereocenters. The SMILES string of the molecule is NCc1cccc2[nH]c(-c3ccoc3Br)nc12. The van der Waals surface area contributed by atoms with Gasteiger partial charge in [-0.05, 0) is 33.6 Å². The van der Waals surface area contributed by atoms with Crippen molar-refractivity contribution in [2.24, 2.45) is 5.73 Å². The molecular weight excluding hydrogens is 282 g/mol. The molecule has 2 heterocycles. The predicted molar refractivity (Wildman–Crippen MR) is 69.4 cm³/mol. The van der Waals surface area contributed by atoms with Crippen LogP contribution in [0.4, 0.5) is 0 Å². The van der Waals surface area contributed by atoms with Crippen molar-refractivity contribution in [3.63, 3.8) is 0 Å². The first-order valence-electron chi connectivity index (χ1n) is 5.20. The van der Waals surface area contributed by atoms with Gasteiger partial charge < -0.3 is 15.1 Å². The molecule has 0 amide bonds. The van der Waals surface area contributed by atoms with Gasteiger partial charge in [0.1, 0.15) is 5.82 Å². The zero-order chi connectivity index (χ0) is 11.8. The smallest absolute Gasteiger partial charge is 0.179 e. The van der Waals surface area contributed by atoms with E-state index in [4.69, 9.17) is 10.2 Å². The van der Waals surface area contributed by atoms with Crippen molar-refractivity contribution in [1.29, 1.82) is 0 Å². The number of aromatic nitrogens is 2. The van der Waals surface area contributed by atoms with Crippen molar-refractivity contribution >= 4 is 27.0 Å². The van der Waals surface area contributed by atoms with Crippen molar-refractivity contribution < 1.29 is 4.42 Å². The van der Waals surface area contributed by atoms with Gasteiger partial charge >= 0.3 is 0 Å². The summed E-state index contributed by atoms with van der Waals surface area (Å²) >= 11 is 3.34. The fourth-order valence-electron chi connectivity index (χ4n) is 1.85. The van der Waals surface area contributed by atoms with Gasteiger partial charge in [-0.25, -0.2) is 4.98 Å². The summed E-state index contributed by atoms with van der Waals surface area (Å²) in [4.78, 5) is 7.82. The number of furan rings is 1. The van der Waals surface area contributed by atoms with Gasteiger partial charge in [0, 0.05) is 6.54 Å². The molecule has 0 unspecified atom stereocenters. The molecule has 4 nitrogen and oxygen atoms in total. The molecule has 0 saturated heterocycles. The van der Waals surface area contributed by atoms with Gasteiger partial charge in [0.25, 0.3) is 0 Å². The van der Waals surface area contributed by atoms with Crippen molar-refractivity contribution in [2.75, 3.05) is 0 Å². The van der Waals surface area contributed by atoms with Gasteiger partial charge in [0.05, 0.1) is 22.9 Å². The molecule has 0 aliphatic carbocycles. The minimum absolute atomic E-state index is 0.480. The maximum Gasteiger partial charge on any atom is 0.179 e. The van der Waals surface area contributed by atoms with Crippen LogP contribution in [0.25, 0.3) is 22.4 Å². The van der Waals surface area contributed by atoms with Crippen LogP contribution in [0.1, 0.15) is 5.56 Å². The molecule has 5 heteroatoms. The molecule has 0 radical (unpaired) electrons. The van der Waals surface area contributed by atoms with E-state index in [1.165, 1.54) is 0 Å². The fraction of sp³-hybridized carbons (Fsp3) is 0.0833. The van der Waals surface area contributed by atoms with E-state index < -0.39 is 0 Å². The lowest BCUT2D eigenvalue weighted by Gasteiger charge is -1.95. The summed E-state index contributed by atoms with van der Waals surface area (Å²) in [6.07, 6.45) is 1.62. The molecule has 0 aliphatic heterocycles. The minimum atomic E-state index is 0.480. The number of fused-ring (bicyclic) bond motifs is 1. The van der Waals surface area contributed by atoms with Crippen LogP contribution >= 0.6 is 15.9 Å². The predicted octanol–water partition coefficient (Wildman–Crippen LogP) is 3.04. The first-order chi connectivity index (χ1) is 8.29. The first-order valence-corrected chi connectivity index (χ1v) is 6.00. The van der Waals surface area contributed by atoms with Crippen molar-refractivity contribution in [2.45, 2.75) is 6.54 Å². The summed E-state index contributed by atoms with van der Waals surface area (Å²) in [6, 6.07) is 7.80. The molecule has 3 N–H and O–H groups in total. The fourth-order valence-corrected chi connectivity index (χ4v) is 2.27. The van der Waals surface area contributed by atoms with Crippen LogP contribution in [0, 0.1) is 0 Å². The van der Waals surface area contributed by atoms with E-state index in [2.05, 4.69) is 25.9 Å². The Morgan fingerprint density at radius 2 is 2.24 bits per heavy atom. The van der Waals surface area contributed by atoms with Crippen molar-refractivity contribution in [3.05, 3.63) is 40.8 Å². The van der Waals surface area contributed by atoms with Crippen LogP contribution in [-0.2, 0) is 6.54 Å². The number of imidazole rings is 1. The number of nitrogens with two attached hydrogens (primary N) is 1. The number of nitrogens with one attached hydrogen (secondary N) is 1. The molecule has 0 spiro atoms. The molecule has 0 bridgehead atoms.